The zero-order valence-corrected chi connectivity index (χ0v) is 12.1. The molecule has 0 radical (unpaired) electrons. The Morgan fingerprint density at radius 1 is 1.11 bits per heavy atom. The molecular weight excluding hydrogens is 238 g/mol. The van der Waals surface area contributed by atoms with Crippen molar-refractivity contribution in [1.82, 2.24) is 4.90 Å². The van der Waals surface area contributed by atoms with Crippen LogP contribution in [-0.4, -0.2) is 48.0 Å². The fourth-order valence-corrected chi connectivity index (χ4v) is 4.37. The minimum absolute atomic E-state index is 0.271. The van der Waals surface area contributed by atoms with E-state index in [1.807, 2.05) is 0 Å². The molecule has 0 aromatic carbocycles. The Bertz CT molecular complexity index is 288. The first kappa shape index (κ1) is 13.8. The lowest BCUT2D eigenvalue weighted by Crippen LogP contribution is -2.35. The van der Waals surface area contributed by atoms with E-state index in [0.29, 0.717) is 12.7 Å². The third kappa shape index (κ3) is 3.32. The molecule has 1 spiro atoms. The summed E-state index contributed by atoms with van der Waals surface area (Å²) in [4.78, 5) is 2.56. The van der Waals surface area contributed by atoms with Crippen LogP contribution >= 0.6 is 0 Å². The quantitative estimate of drug-likeness (QED) is 0.850. The Morgan fingerprint density at radius 3 is 2.74 bits per heavy atom. The SMILES string of the molecule is OCCC1CCN(CC2CCC3(CCCCC3)O2)C1. The van der Waals surface area contributed by atoms with Crippen LogP contribution in [0.25, 0.3) is 0 Å². The highest BCUT2D eigenvalue weighted by molar-refractivity contribution is 4.92. The molecule has 1 N–H and O–H groups in total. The van der Waals surface area contributed by atoms with Crippen LogP contribution in [-0.2, 0) is 4.74 Å². The first-order chi connectivity index (χ1) is 9.30. The van der Waals surface area contributed by atoms with E-state index in [2.05, 4.69) is 4.90 Å². The molecule has 3 rings (SSSR count). The number of nitrogens with zero attached hydrogens (tertiary/aromatic N) is 1. The van der Waals surface area contributed by atoms with Crippen LogP contribution in [0.3, 0.4) is 0 Å². The van der Waals surface area contributed by atoms with E-state index in [9.17, 15) is 0 Å². The largest absolute Gasteiger partial charge is 0.396 e. The second kappa shape index (κ2) is 6.11. The average Bonchev–Trinajstić information content (AvgIpc) is 3.00. The smallest absolute Gasteiger partial charge is 0.0710 e. The predicted molar refractivity (Wildman–Crippen MR) is 76.2 cm³/mol. The van der Waals surface area contributed by atoms with Crippen LogP contribution in [0.15, 0.2) is 0 Å². The van der Waals surface area contributed by atoms with Gasteiger partial charge in [-0.15, -0.1) is 0 Å². The molecule has 2 unspecified atom stereocenters. The van der Waals surface area contributed by atoms with Crippen molar-refractivity contribution < 1.29 is 9.84 Å². The number of hydrogen-bond acceptors (Lipinski definition) is 3. The summed E-state index contributed by atoms with van der Waals surface area (Å²) in [6.45, 7) is 3.86. The summed E-state index contributed by atoms with van der Waals surface area (Å²) >= 11 is 0. The maximum Gasteiger partial charge on any atom is 0.0710 e. The van der Waals surface area contributed by atoms with Crippen LogP contribution in [0.4, 0.5) is 0 Å². The highest BCUT2D eigenvalue weighted by Gasteiger charge is 2.41. The molecule has 2 aliphatic heterocycles. The van der Waals surface area contributed by atoms with Gasteiger partial charge in [0.1, 0.15) is 0 Å². The number of ether oxygens (including phenoxy) is 1. The lowest BCUT2D eigenvalue weighted by Gasteiger charge is -2.34. The normalized spacial score (nSPS) is 35.2. The molecule has 1 aliphatic carbocycles. The molecule has 2 heterocycles. The lowest BCUT2D eigenvalue weighted by atomic mass is 9.83. The number of likely N-dealkylation sites (tertiary alicyclic amines) is 1. The number of aliphatic hydroxyl groups excluding tert-OH is 1. The van der Waals surface area contributed by atoms with E-state index in [4.69, 9.17) is 9.84 Å². The predicted octanol–water partition coefficient (Wildman–Crippen LogP) is 2.57. The molecule has 2 saturated heterocycles. The molecular formula is C16H29NO2. The minimum atomic E-state index is 0.271. The van der Waals surface area contributed by atoms with E-state index < -0.39 is 0 Å². The third-order valence-electron chi connectivity index (χ3n) is 5.47. The average molecular weight is 267 g/mol. The van der Waals surface area contributed by atoms with Crippen LogP contribution in [0.2, 0.25) is 0 Å². The van der Waals surface area contributed by atoms with E-state index in [1.54, 1.807) is 0 Å². The Kier molecular flexibility index (Phi) is 4.45. The van der Waals surface area contributed by atoms with Crippen LogP contribution in [0.5, 0.6) is 0 Å². The van der Waals surface area contributed by atoms with Crippen molar-refractivity contribution >= 4 is 0 Å². The molecule has 3 nitrogen and oxygen atoms in total. The van der Waals surface area contributed by atoms with Gasteiger partial charge in [-0.25, -0.2) is 0 Å². The van der Waals surface area contributed by atoms with E-state index >= 15 is 0 Å². The molecule has 2 atom stereocenters. The zero-order valence-electron chi connectivity index (χ0n) is 12.1. The monoisotopic (exact) mass is 267 g/mol. The molecule has 1 saturated carbocycles. The van der Waals surface area contributed by atoms with Crippen LogP contribution in [0, 0.1) is 5.92 Å². The van der Waals surface area contributed by atoms with Gasteiger partial charge in [0.05, 0.1) is 11.7 Å². The maximum absolute atomic E-state index is 9.02. The lowest BCUT2D eigenvalue weighted by molar-refractivity contribution is -0.0705. The minimum Gasteiger partial charge on any atom is -0.396 e. The number of aliphatic hydroxyl groups is 1. The molecule has 3 fully saturated rings. The van der Waals surface area contributed by atoms with Gasteiger partial charge in [-0.3, -0.25) is 0 Å². The third-order valence-corrected chi connectivity index (χ3v) is 5.47. The fourth-order valence-electron chi connectivity index (χ4n) is 4.37. The second-order valence-electron chi connectivity index (χ2n) is 6.95. The Morgan fingerprint density at radius 2 is 1.95 bits per heavy atom. The van der Waals surface area contributed by atoms with Gasteiger partial charge in [-0.1, -0.05) is 19.3 Å². The summed E-state index contributed by atoms with van der Waals surface area (Å²) in [5.41, 5.74) is 0.271. The topological polar surface area (TPSA) is 32.7 Å². The molecule has 3 aliphatic rings. The van der Waals surface area contributed by atoms with Crippen LogP contribution in [0.1, 0.15) is 57.8 Å². The van der Waals surface area contributed by atoms with Gasteiger partial charge < -0.3 is 14.7 Å². The fraction of sp³-hybridized carbons (Fsp3) is 1.00. The van der Waals surface area contributed by atoms with Crippen molar-refractivity contribution in [2.75, 3.05) is 26.2 Å². The van der Waals surface area contributed by atoms with Crippen molar-refractivity contribution in [2.24, 2.45) is 5.92 Å². The molecule has 0 amide bonds. The van der Waals surface area contributed by atoms with Crippen molar-refractivity contribution in [3.63, 3.8) is 0 Å². The molecule has 110 valence electrons. The molecule has 19 heavy (non-hydrogen) atoms. The number of rotatable bonds is 4. The molecule has 3 heteroatoms. The van der Waals surface area contributed by atoms with Gasteiger partial charge in [0.25, 0.3) is 0 Å². The Labute approximate surface area is 117 Å². The van der Waals surface area contributed by atoms with Crippen molar-refractivity contribution in [1.29, 1.82) is 0 Å². The zero-order chi connectivity index (χ0) is 13.1. The van der Waals surface area contributed by atoms with Gasteiger partial charge in [0, 0.05) is 19.7 Å². The summed E-state index contributed by atoms with van der Waals surface area (Å²) in [7, 11) is 0. The Hall–Kier alpha value is -0.120. The van der Waals surface area contributed by atoms with E-state index in [-0.39, 0.29) is 5.60 Å². The first-order valence-electron chi connectivity index (χ1n) is 8.31. The van der Waals surface area contributed by atoms with Crippen molar-refractivity contribution in [3.05, 3.63) is 0 Å². The molecule has 0 aromatic heterocycles. The summed E-state index contributed by atoms with van der Waals surface area (Å²) in [6, 6.07) is 0. The molecule has 0 bridgehead atoms. The van der Waals surface area contributed by atoms with Crippen molar-refractivity contribution in [2.45, 2.75) is 69.5 Å². The number of hydrogen-bond donors (Lipinski definition) is 1. The van der Waals surface area contributed by atoms with Gasteiger partial charge in [-0.05, 0) is 51.0 Å². The van der Waals surface area contributed by atoms with Gasteiger partial charge >= 0.3 is 0 Å². The highest BCUT2D eigenvalue weighted by atomic mass is 16.5. The van der Waals surface area contributed by atoms with Gasteiger partial charge in [-0.2, -0.15) is 0 Å². The van der Waals surface area contributed by atoms with E-state index in [0.717, 1.165) is 18.9 Å². The van der Waals surface area contributed by atoms with Gasteiger partial charge in [0.2, 0.25) is 0 Å². The van der Waals surface area contributed by atoms with E-state index in [1.165, 1.54) is 64.5 Å². The van der Waals surface area contributed by atoms with Crippen LogP contribution < -0.4 is 0 Å². The summed E-state index contributed by atoms with van der Waals surface area (Å²) < 4.78 is 6.46. The summed E-state index contributed by atoms with van der Waals surface area (Å²) in [5.74, 6) is 0.718. The van der Waals surface area contributed by atoms with Crippen molar-refractivity contribution in [3.8, 4) is 0 Å². The second-order valence-corrected chi connectivity index (χ2v) is 6.95. The maximum atomic E-state index is 9.02. The summed E-state index contributed by atoms with van der Waals surface area (Å²) in [6.07, 6.45) is 12.0. The standard InChI is InChI=1S/C16H29NO2/c18-11-6-14-5-10-17(12-14)13-15-4-9-16(19-15)7-2-1-3-8-16/h14-15,18H,1-13H2. The Balaban J connectivity index is 1.44. The molecule has 0 aromatic rings. The summed E-state index contributed by atoms with van der Waals surface area (Å²) in [5, 5.41) is 9.02. The highest BCUT2D eigenvalue weighted by Crippen LogP contribution is 2.42. The van der Waals surface area contributed by atoms with Gasteiger partial charge in [0.15, 0.2) is 0 Å². The first-order valence-corrected chi connectivity index (χ1v) is 8.31.